The maximum Gasteiger partial charge on any atom is 0.224 e. The predicted molar refractivity (Wildman–Crippen MR) is 87.1 cm³/mol. The van der Waals surface area contributed by atoms with Crippen molar-refractivity contribution in [2.45, 2.75) is 57.9 Å². The van der Waals surface area contributed by atoms with Crippen LogP contribution in [-0.4, -0.2) is 18.5 Å². The first kappa shape index (κ1) is 16.0. The Morgan fingerprint density at radius 2 is 1.95 bits per heavy atom. The lowest BCUT2D eigenvalue weighted by molar-refractivity contribution is -0.121. The van der Waals surface area contributed by atoms with Crippen LogP contribution in [0.2, 0.25) is 0 Å². The summed E-state index contributed by atoms with van der Waals surface area (Å²) in [6.07, 6.45) is 7.44. The fourth-order valence-electron chi connectivity index (χ4n) is 3.16. The van der Waals surface area contributed by atoms with E-state index in [1.54, 1.807) is 0 Å². The fraction of sp³-hybridized carbons (Fsp3) is 0.611. The smallest absolute Gasteiger partial charge is 0.224 e. The summed E-state index contributed by atoms with van der Waals surface area (Å²) in [6.45, 7) is 2.88. The molecule has 21 heavy (non-hydrogen) atoms. The van der Waals surface area contributed by atoms with Gasteiger partial charge in [-0.2, -0.15) is 0 Å². The lowest BCUT2D eigenvalue weighted by Crippen LogP contribution is -2.40. The van der Waals surface area contributed by atoms with Crippen molar-refractivity contribution in [2.24, 2.45) is 11.7 Å². The molecule has 1 aliphatic rings. The molecule has 1 aliphatic carbocycles. The molecule has 0 saturated heterocycles. The van der Waals surface area contributed by atoms with Gasteiger partial charge in [-0.25, -0.2) is 0 Å². The Kier molecular flexibility index (Phi) is 6.24. The Hall–Kier alpha value is -1.35. The van der Waals surface area contributed by atoms with Crippen LogP contribution < -0.4 is 11.1 Å². The van der Waals surface area contributed by atoms with Crippen LogP contribution >= 0.6 is 0 Å². The number of hydrogen-bond acceptors (Lipinski definition) is 2. The molecule has 1 fully saturated rings. The fourth-order valence-corrected chi connectivity index (χ4v) is 3.16. The highest BCUT2D eigenvalue weighted by Crippen LogP contribution is 2.24. The van der Waals surface area contributed by atoms with E-state index in [0.717, 1.165) is 24.8 Å². The zero-order chi connectivity index (χ0) is 15.1. The van der Waals surface area contributed by atoms with Gasteiger partial charge in [-0.15, -0.1) is 0 Å². The molecular weight excluding hydrogens is 260 g/mol. The van der Waals surface area contributed by atoms with E-state index in [0.29, 0.717) is 18.9 Å². The van der Waals surface area contributed by atoms with Gasteiger partial charge in [-0.3, -0.25) is 4.79 Å². The van der Waals surface area contributed by atoms with E-state index in [9.17, 15) is 4.79 Å². The molecule has 1 saturated carbocycles. The monoisotopic (exact) mass is 288 g/mol. The number of benzene rings is 1. The van der Waals surface area contributed by atoms with E-state index >= 15 is 0 Å². The third-order valence-corrected chi connectivity index (χ3v) is 4.51. The minimum absolute atomic E-state index is 0.127. The Morgan fingerprint density at radius 3 is 2.62 bits per heavy atom. The van der Waals surface area contributed by atoms with E-state index in [1.807, 2.05) is 0 Å². The summed E-state index contributed by atoms with van der Waals surface area (Å²) in [4.78, 5) is 12.1. The van der Waals surface area contributed by atoms with E-state index < -0.39 is 0 Å². The standard InChI is InChI=1S/C18H28N2O/c1-2-3-5-14-8-10-15(11-9-14)12-18(21)20-17-7-4-6-16(17)13-19/h8-11,16-17H,2-7,12-13,19H2,1H3,(H,20,21). The van der Waals surface area contributed by atoms with Crippen molar-refractivity contribution in [2.75, 3.05) is 6.54 Å². The average Bonchev–Trinajstić information content (AvgIpc) is 2.93. The first-order valence-electron chi connectivity index (χ1n) is 8.30. The molecule has 1 aromatic rings. The molecule has 0 heterocycles. The van der Waals surface area contributed by atoms with Gasteiger partial charge in [0.25, 0.3) is 0 Å². The van der Waals surface area contributed by atoms with Gasteiger partial charge in [0.15, 0.2) is 0 Å². The molecule has 0 aromatic heterocycles. The first-order valence-corrected chi connectivity index (χ1v) is 8.30. The number of nitrogens with two attached hydrogens (primary N) is 1. The summed E-state index contributed by atoms with van der Waals surface area (Å²) >= 11 is 0. The quantitative estimate of drug-likeness (QED) is 0.810. The normalized spacial score (nSPS) is 21.4. The topological polar surface area (TPSA) is 55.1 Å². The lowest BCUT2D eigenvalue weighted by atomic mass is 10.0. The average molecular weight is 288 g/mol. The molecule has 3 nitrogen and oxygen atoms in total. The third kappa shape index (κ3) is 4.85. The number of hydrogen-bond donors (Lipinski definition) is 2. The SMILES string of the molecule is CCCCc1ccc(CC(=O)NC2CCCC2CN)cc1. The number of nitrogens with one attached hydrogen (secondary N) is 1. The highest BCUT2D eigenvalue weighted by atomic mass is 16.1. The van der Waals surface area contributed by atoms with E-state index in [1.165, 1.54) is 24.8 Å². The number of carbonyl (C=O) groups is 1. The van der Waals surface area contributed by atoms with Crippen molar-refractivity contribution in [1.29, 1.82) is 0 Å². The van der Waals surface area contributed by atoms with Crippen molar-refractivity contribution < 1.29 is 4.79 Å². The second-order valence-corrected chi connectivity index (χ2v) is 6.20. The van der Waals surface area contributed by atoms with Gasteiger partial charge in [0.2, 0.25) is 5.91 Å². The zero-order valence-corrected chi connectivity index (χ0v) is 13.1. The Labute approximate surface area is 128 Å². The predicted octanol–water partition coefficient (Wildman–Crippen LogP) is 2.82. The van der Waals surface area contributed by atoms with Crippen LogP contribution in [0.15, 0.2) is 24.3 Å². The molecule has 2 unspecified atom stereocenters. The molecule has 2 atom stereocenters. The maximum atomic E-state index is 12.1. The van der Waals surface area contributed by atoms with Crippen LogP contribution in [0.1, 0.15) is 50.2 Å². The lowest BCUT2D eigenvalue weighted by Gasteiger charge is -2.19. The molecule has 1 amide bonds. The highest BCUT2D eigenvalue weighted by Gasteiger charge is 2.27. The second-order valence-electron chi connectivity index (χ2n) is 6.20. The van der Waals surface area contributed by atoms with Crippen LogP contribution in [0.5, 0.6) is 0 Å². The molecule has 2 rings (SSSR count). The van der Waals surface area contributed by atoms with Gasteiger partial charge in [0, 0.05) is 6.04 Å². The Balaban J connectivity index is 1.82. The number of unbranched alkanes of at least 4 members (excludes halogenated alkanes) is 1. The van der Waals surface area contributed by atoms with E-state index in [2.05, 4.69) is 36.5 Å². The minimum Gasteiger partial charge on any atom is -0.353 e. The summed E-state index contributed by atoms with van der Waals surface area (Å²) in [6, 6.07) is 8.75. The van der Waals surface area contributed by atoms with Gasteiger partial charge in [-0.05, 0) is 49.3 Å². The second kappa shape index (κ2) is 8.18. The van der Waals surface area contributed by atoms with E-state index in [-0.39, 0.29) is 11.9 Å². The number of amides is 1. The summed E-state index contributed by atoms with van der Waals surface area (Å²) < 4.78 is 0. The van der Waals surface area contributed by atoms with Crippen LogP contribution in [0.3, 0.4) is 0 Å². The van der Waals surface area contributed by atoms with Gasteiger partial charge in [0.1, 0.15) is 0 Å². The summed E-state index contributed by atoms with van der Waals surface area (Å²) in [5, 5.41) is 3.16. The first-order chi connectivity index (χ1) is 10.2. The minimum atomic E-state index is 0.127. The maximum absolute atomic E-state index is 12.1. The summed E-state index contributed by atoms with van der Waals surface area (Å²) in [7, 11) is 0. The van der Waals surface area contributed by atoms with E-state index in [4.69, 9.17) is 5.73 Å². The summed E-state index contributed by atoms with van der Waals surface area (Å²) in [5.74, 6) is 0.590. The van der Waals surface area contributed by atoms with Crippen molar-refractivity contribution in [3.05, 3.63) is 35.4 Å². The highest BCUT2D eigenvalue weighted by molar-refractivity contribution is 5.78. The van der Waals surface area contributed by atoms with Crippen molar-refractivity contribution in [3.8, 4) is 0 Å². The molecule has 0 bridgehead atoms. The van der Waals surface area contributed by atoms with Gasteiger partial charge in [-0.1, -0.05) is 44.0 Å². The molecule has 116 valence electrons. The van der Waals surface area contributed by atoms with Crippen LogP contribution in [-0.2, 0) is 17.6 Å². The van der Waals surface area contributed by atoms with Crippen LogP contribution in [0, 0.1) is 5.92 Å². The third-order valence-electron chi connectivity index (χ3n) is 4.51. The Bertz CT molecular complexity index is 441. The number of rotatable bonds is 7. The molecule has 0 radical (unpaired) electrons. The largest absolute Gasteiger partial charge is 0.353 e. The van der Waals surface area contributed by atoms with Crippen LogP contribution in [0.4, 0.5) is 0 Å². The molecule has 3 heteroatoms. The molecular formula is C18H28N2O. The van der Waals surface area contributed by atoms with Crippen LogP contribution in [0.25, 0.3) is 0 Å². The number of carbonyl (C=O) groups excluding carboxylic acids is 1. The van der Waals surface area contributed by atoms with Crippen molar-refractivity contribution in [3.63, 3.8) is 0 Å². The van der Waals surface area contributed by atoms with Gasteiger partial charge < -0.3 is 11.1 Å². The summed E-state index contributed by atoms with van der Waals surface area (Å²) in [5.41, 5.74) is 8.21. The van der Waals surface area contributed by atoms with Gasteiger partial charge >= 0.3 is 0 Å². The number of aryl methyl sites for hydroxylation is 1. The molecule has 3 N–H and O–H groups in total. The molecule has 1 aromatic carbocycles. The van der Waals surface area contributed by atoms with Gasteiger partial charge in [0.05, 0.1) is 6.42 Å². The molecule has 0 aliphatic heterocycles. The Morgan fingerprint density at radius 1 is 1.24 bits per heavy atom. The van der Waals surface area contributed by atoms with Crippen molar-refractivity contribution in [1.82, 2.24) is 5.32 Å². The molecule has 0 spiro atoms. The zero-order valence-electron chi connectivity index (χ0n) is 13.1. The van der Waals surface area contributed by atoms with Crippen molar-refractivity contribution >= 4 is 5.91 Å².